The number of hydrogen-bond acceptors (Lipinski definition) is 2. The first-order valence-corrected chi connectivity index (χ1v) is 8.63. The maximum atomic E-state index is 12.9. The van der Waals surface area contributed by atoms with Crippen LogP contribution in [0.15, 0.2) is 53.5 Å². The molecule has 142 valence electrons. The van der Waals surface area contributed by atoms with Gasteiger partial charge in [-0.2, -0.15) is 13.2 Å². The third kappa shape index (κ3) is 4.42. The second-order valence-corrected chi connectivity index (χ2v) is 6.60. The summed E-state index contributed by atoms with van der Waals surface area (Å²) in [4.78, 5) is 25.9. The second kappa shape index (κ2) is 7.60. The van der Waals surface area contributed by atoms with E-state index in [1.54, 1.807) is 0 Å². The van der Waals surface area contributed by atoms with Crippen molar-refractivity contribution >= 4 is 23.1 Å². The van der Waals surface area contributed by atoms with Crippen LogP contribution in [0.5, 0.6) is 0 Å². The molecule has 8 heteroatoms. The maximum absolute atomic E-state index is 12.9. The Hall–Kier alpha value is -2.54. The van der Waals surface area contributed by atoms with Gasteiger partial charge in [0, 0.05) is 19.3 Å². The zero-order valence-corrected chi connectivity index (χ0v) is 14.9. The van der Waals surface area contributed by atoms with Gasteiger partial charge in [-0.25, -0.2) is 0 Å². The molecule has 1 aliphatic heterocycles. The summed E-state index contributed by atoms with van der Waals surface area (Å²) in [6.07, 6.45) is -1.48. The SMILES string of the molecule is O=C(Cn1cc(C(F)(F)F)cc(Cl)c1=O)N1CC=C(c2ccccc2)CC1. The third-order valence-corrected chi connectivity index (χ3v) is 4.65. The molecule has 0 saturated heterocycles. The largest absolute Gasteiger partial charge is 0.417 e. The van der Waals surface area contributed by atoms with Crippen LogP contribution in [0.25, 0.3) is 5.57 Å². The van der Waals surface area contributed by atoms with Crippen molar-refractivity contribution in [2.24, 2.45) is 0 Å². The fourth-order valence-electron chi connectivity index (χ4n) is 2.93. The highest BCUT2D eigenvalue weighted by atomic mass is 35.5. The highest BCUT2D eigenvalue weighted by Crippen LogP contribution is 2.29. The molecule has 0 fully saturated rings. The topological polar surface area (TPSA) is 42.3 Å². The molecule has 0 bridgehead atoms. The lowest BCUT2D eigenvalue weighted by molar-refractivity contribution is -0.138. The van der Waals surface area contributed by atoms with E-state index in [-0.39, 0.29) is 0 Å². The van der Waals surface area contributed by atoms with Crippen LogP contribution in [0.1, 0.15) is 17.5 Å². The molecule has 0 unspecified atom stereocenters. The van der Waals surface area contributed by atoms with Crippen molar-refractivity contribution in [3.8, 4) is 0 Å². The van der Waals surface area contributed by atoms with E-state index in [1.807, 2.05) is 36.4 Å². The summed E-state index contributed by atoms with van der Waals surface area (Å²) < 4.78 is 39.4. The van der Waals surface area contributed by atoms with Gasteiger partial charge >= 0.3 is 6.18 Å². The van der Waals surface area contributed by atoms with Gasteiger partial charge in [0.25, 0.3) is 5.56 Å². The predicted octanol–water partition coefficient (Wildman–Crippen LogP) is 3.84. The van der Waals surface area contributed by atoms with Crippen LogP contribution >= 0.6 is 11.6 Å². The van der Waals surface area contributed by atoms with E-state index in [1.165, 1.54) is 4.90 Å². The lowest BCUT2D eigenvalue weighted by Gasteiger charge is -2.27. The van der Waals surface area contributed by atoms with Gasteiger partial charge in [0.05, 0.1) is 5.56 Å². The van der Waals surface area contributed by atoms with Crippen molar-refractivity contribution in [1.82, 2.24) is 9.47 Å². The quantitative estimate of drug-likeness (QED) is 0.791. The summed E-state index contributed by atoms with van der Waals surface area (Å²) in [5, 5.41) is -0.567. The van der Waals surface area contributed by atoms with Crippen molar-refractivity contribution in [3.63, 3.8) is 0 Å². The first-order valence-electron chi connectivity index (χ1n) is 8.25. The molecule has 27 heavy (non-hydrogen) atoms. The van der Waals surface area contributed by atoms with Gasteiger partial charge in [0.2, 0.25) is 5.91 Å². The van der Waals surface area contributed by atoms with E-state index in [2.05, 4.69) is 0 Å². The first-order chi connectivity index (χ1) is 12.8. The Morgan fingerprint density at radius 2 is 1.89 bits per heavy atom. The Morgan fingerprint density at radius 1 is 1.19 bits per heavy atom. The fraction of sp³-hybridized carbons (Fsp3) is 0.263. The Morgan fingerprint density at radius 3 is 2.48 bits per heavy atom. The van der Waals surface area contributed by atoms with Crippen LogP contribution in [-0.2, 0) is 17.5 Å². The number of hydrogen-bond donors (Lipinski definition) is 0. The number of benzene rings is 1. The number of pyridine rings is 1. The number of amides is 1. The van der Waals surface area contributed by atoms with Crippen molar-refractivity contribution in [2.75, 3.05) is 13.1 Å². The van der Waals surface area contributed by atoms with Crippen molar-refractivity contribution in [3.05, 3.63) is 75.2 Å². The number of alkyl halides is 3. The van der Waals surface area contributed by atoms with Gasteiger partial charge in [-0.05, 0) is 23.6 Å². The second-order valence-electron chi connectivity index (χ2n) is 6.19. The highest BCUT2D eigenvalue weighted by Gasteiger charge is 2.32. The van der Waals surface area contributed by atoms with E-state index >= 15 is 0 Å². The molecule has 0 atom stereocenters. The average molecular weight is 397 g/mol. The van der Waals surface area contributed by atoms with Crippen LogP contribution in [0.4, 0.5) is 13.2 Å². The summed E-state index contributed by atoms with van der Waals surface area (Å²) in [6.45, 7) is 0.280. The Balaban J connectivity index is 1.74. The van der Waals surface area contributed by atoms with Gasteiger partial charge in [-0.1, -0.05) is 48.0 Å². The summed E-state index contributed by atoms with van der Waals surface area (Å²) in [5.74, 6) is -0.434. The standard InChI is InChI=1S/C19H16ClF3N2O2/c20-16-10-15(19(21,22)23)11-25(18(16)27)12-17(26)24-8-6-14(7-9-24)13-4-2-1-3-5-13/h1-6,10-11H,7-9,12H2. The number of halogens is 4. The lowest BCUT2D eigenvalue weighted by atomic mass is 9.99. The molecule has 1 aromatic heterocycles. The van der Waals surface area contributed by atoms with Gasteiger partial charge in [-0.3, -0.25) is 9.59 Å². The Labute approximate surface area is 158 Å². The lowest BCUT2D eigenvalue weighted by Crippen LogP contribution is -2.39. The van der Waals surface area contributed by atoms with Gasteiger partial charge in [0.15, 0.2) is 0 Å². The number of rotatable bonds is 3. The molecule has 2 heterocycles. The zero-order chi connectivity index (χ0) is 19.6. The molecular formula is C19H16ClF3N2O2. The number of aromatic nitrogens is 1. The van der Waals surface area contributed by atoms with Crippen LogP contribution < -0.4 is 5.56 Å². The van der Waals surface area contributed by atoms with E-state index in [0.29, 0.717) is 36.3 Å². The fourth-order valence-corrected chi connectivity index (χ4v) is 3.15. The van der Waals surface area contributed by atoms with Crippen LogP contribution in [0.3, 0.4) is 0 Å². The molecule has 0 saturated carbocycles. The van der Waals surface area contributed by atoms with E-state index in [9.17, 15) is 22.8 Å². The van der Waals surface area contributed by atoms with Crippen molar-refractivity contribution in [1.29, 1.82) is 0 Å². The normalized spacial score (nSPS) is 14.8. The van der Waals surface area contributed by atoms with Crippen LogP contribution in [0, 0.1) is 0 Å². The molecule has 0 radical (unpaired) electrons. The highest BCUT2D eigenvalue weighted by molar-refractivity contribution is 6.30. The Bertz CT molecular complexity index is 936. The molecule has 0 spiro atoms. The first kappa shape index (κ1) is 19.2. The molecule has 1 aliphatic rings. The van der Waals surface area contributed by atoms with E-state index in [4.69, 9.17) is 11.6 Å². The Kier molecular flexibility index (Phi) is 5.41. The summed E-state index contributed by atoms with van der Waals surface area (Å²) >= 11 is 5.61. The third-order valence-electron chi connectivity index (χ3n) is 4.38. The molecule has 1 amide bonds. The van der Waals surface area contributed by atoms with E-state index in [0.717, 1.165) is 11.1 Å². The summed E-state index contributed by atoms with van der Waals surface area (Å²) in [6, 6.07) is 10.3. The molecule has 0 aliphatic carbocycles. The molecule has 1 aromatic carbocycles. The van der Waals surface area contributed by atoms with Gasteiger partial charge in [-0.15, -0.1) is 0 Å². The number of carbonyl (C=O) groups excluding carboxylic acids is 1. The minimum Gasteiger partial charge on any atom is -0.337 e. The van der Waals surface area contributed by atoms with Crippen LogP contribution in [0.2, 0.25) is 5.02 Å². The average Bonchev–Trinajstić information content (AvgIpc) is 2.65. The molecule has 3 rings (SSSR count). The smallest absolute Gasteiger partial charge is 0.337 e. The minimum absolute atomic E-state index is 0.338. The van der Waals surface area contributed by atoms with Crippen molar-refractivity contribution < 1.29 is 18.0 Å². The monoisotopic (exact) mass is 396 g/mol. The molecular weight excluding hydrogens is 381 g/mol. The maximum Gasteiger partial charge on any atom is 0.417 e. The number of nitrogens with zero attached hydrogens (tertiary/aromatic N) is 2. The molecule has 0 N–H and O–H groups in total. The van der Waals surface area contributed by atoms with Crippen LogP contribution in [-0.4, -0.2) is 28.5 Å². The zero-order valence-electron chi connectivity index (χ0n) is 14.2. The van der Waals surface area contributed by atoms with Gasteiger partial charge in [0.1, 0.15) is 11.6 Å². The summed E-state index contributed by atoms with van der Waals surface area (Å²) in [7, 11) is 0. The number of carbonyl (C=O) groups is 1. The van der Waals surface area contributed by atoms with E-state index < -0.39 is 34.8 Å². The molecule has 2 aromatic rings. The summed E-state index contributed by atoms with van der Waals surface area (Å²) in [5.41, 5.74) is 0.296. The van der Waals surface area contributed by atoms with Gasteiger partial charge < -0.3 is 9.47 Å². The predicted molar refractivity (Wildman–Crippen MR) is 96.3 cm³/mol. The van der Waals surface area contributed by atoms with Crippen molar-refractivity contribution in [2.45, 2.75) is 19.1 Å². The minimum atomic E-state index is -4.65. The molecule has 4 nitrogen and oxygen atoms in total.